The van der Waals surface area contributed by atoms with E-state index in [1.54, 1.807) is 0 Å². The van der Waals surface area contributed by atoms with Gasteiger partial charge in [-0.25, -0.2) is 0 Å². The van der Waals surface area contributed by atoms with Crippen molar-refractivity contribution < 1.29 is 4.42 Å². The second-order valence-corrected chi connectivity index (χ2v) is 6.06. The zero-order chi connectivity index (χ0) is 13.2. The zero-order valence-corrected chi connectivity index (χ0v) is 12.2. The molecule has 0 N–H and O–H groups in total. The Bertz CT molecular complexity index is 551. The van der Waals surface area contributed by atoms with Crippen LogP contribution in [0.1, 0.15) is 55.7 Å². The van der Waals surface area contributed by atoms with Crippen LogP contribution in [0.2, 0.25) is 0 Å². The summed E-state index contributed by atoms with van der Waals surface area (Å²) in [6, 6.07) is 8.29. The van der Waals surface area contributed by atoms with Gasteiger partial charge in [0.15, 0.2) is 0 Å². The first-order chi connectivity index (χ1) is 9.31. The van der Waals surface area contributed by atoms with Crippen LogP contribution in [0.5, 0.6) is 0 Å². The number of hydrogen-bond acceptors (Lipinski definition) is 1. The smallest absolute Gasteiger partial charge is 0.134 e. The Balaban J connectivity index is 2.02. The van der Waals surface area contributed by atoms with Crippen LogP contribution in [-0.4, -0.2) is 0 Å². The fraction of sp³-hybridized carbons (Fsp3) is 0.529. The van der Waals surface area contributed by atoms with Crippen LogP contribution in [-0.2, 0) is 6.42 Å². The van der Waals surface area contributed by atoms with Crippen molar-refractivity contribution in [2.24, 2.45) is 5.92 Å². The second-order valence-electron chi connectivity index (χ2n) is 5.59. The molecule has 102 valence electrons. The van der Waals surface area contributed by atoms with Crippen molar-refractivity contribution in [2.45, 2.75) is 50.8 Å². The molecular formula is C17H21ClO. The first-order valence-electron chi connectivity index (χ1n) is 7.45. The highest BCUT2D eigenvalue weighted by Gasteiger charge is 2.28. The molecule has 1 aromatic heterocycles. The molecule has 2 heteroatoms. The number of aryl methyl sites for hydroxylation is 1. The van der Waals surface area contributed by atoms with E-state index >= 15 is 0 Å². The highest BCUT2D eigenvalue weighted by atomic mass is 35.5. The first kappa shape index (κ1) is 13.1. The summed E-state index contributed by atoms with van der Waals surface area (Å²) in [7, 11) is 0. The summed E-state index contributed by atoms with van der Waals surface area (Å²) in [5, 5.41) is 1.32. The maximum atomic E-state index is 6.83. The number of rotatable bonds is 3. The molecule has 2 aromatic rings. The van der Waals surface area contributed by atoms with E-state index < -0.39 is 0 Å². The van der Waals surface area contributed by atoms with E-state index in [1.165, 1.54) is 43.1 Å². The van der Waals surface area contributed by atoms with Crippen molar-refractivity contribution in [1.29, 1.82) is 0 Å². The summed E-state index contributed by atoms with van der Waals surface area (Å²) in [5.41, 5.74) is 2.24. The number of alkyl halides is 1. The Kier molecular flexibility index (Phi) is 3.83. The lowest BCUT2D eigenvalue weighted by Crippen LogP contribution is -2.13. The topological polar surface area (TPSA) is 13.1 Å². The molecule has 19 heavy (non-hydrogen) atoms. The average Bonchev–Trinajstić information content (AvgIpc) is 2.86. The predicted molar refractivity (Wildman–Crippen MR) is 80.8 cm³/mol. The molecule has 1 nitrogen and oxygen atoms in total. The van der Waals surface area contributed by atoms with Gasteiger partial charge in [-0.05, 0) is 24.8 Å². The van der Waals surface area contributed by atoms with E-state index in [0.717, 1.165) is 17.8 Å². The van der Waals surface area contributed by atoms with Crippen molar-refractivity contribution in [3.05, 3.63) is 35.6 Å². The molecule has 1 saturated carbocycles. The fourth-order valence-electron chi connectivity index (χ4n) is 3.34. The minimum atomic E-state index is 0.110. The standard InChI is InChI=1S/C17H21ClO/c1-2-14-16(13-10-6-7-11-15(13)19-14)17(18)12-8-4-3-5-9-12/h6-7,10-12,17H,2-5,8-9H2,1H3. The lowest BCUT2D eigenvalue weighted by molar-refractivity contribution is 0.346. The van der Waals surface area contributed by atoms with Gasteiger partial charge in [0.2, 0.25) is 0 Å². The minimum absolute atomic E-state index is 0.110. The maximum Gasteiger partial charge on any atom is 0.134 e. The van der Waals surface area contributed by atoms with Crippen LogP contribution in [0.15, 0.2) is 28.7 Å². The molecule has 3 rings (SSSR count). The number of benzene rings is 1. The lowest BCUT2D eigenvalue weighted by Gasteiger charge is -2.26. The summed E-state index contributed by atoms with van der Waals surface area (Å²) in [5.74, 6) is 1.69. The number of hydrogen-bond donors (Lipinski definition) is 0. The van der Waals surface area contributed by atoms with Gasteiger partial charge >= 0.3 is 0 Å². The van der Waals surface area contributed by atoms with E-state index in [-0.39, 0.29) is 5.38 Å². The molecule has 0 spiro atoms. The van der Waals surface area contributed by atoms with Gasteiger partial charge in [0.1, 0.15) is 11.3 Å². The Morgan fingerprint density at radius 2 is 1.95 bits per heavy atom. The fourth-order valence-corrected chi connectivity index (χ4v) is 3.83. The number of halogens is 1. The molecule has 1 fully saturated rings. The number of fused-ring (bicyclic) bond motifs is 1. The van der Waals surface area contributed by atoms with Gasteiger partial charge in [-0.1, -0.05) is 44.4 Å². The van der Waals surface area contributed by atoms with E-state index in [0.29, 0.717) is 5.92 Å². The van der Waals surface area contributed by atoms with Crippen LogP contribution in [0.4, 0.5) is 0 Å². The van der Waals surface area contributed by atoms with Crippen LogP contribution < -0.4 is 0 Å². The van der Waals surface area contributed by atoms with Gasteiger partial charge in [-0.2, -0.15) is 0 Å². The molecule has 0 amide bonds. The zero-order valence-electron chi connectivity index (χ0n) is 11.5. The van der Waals surface area contributed by atoms with Crippen LogP contribution in [0.25, 0.3) is 11.0 Å². The summed E-state index contributed by atoms with van der Waals surface area (Å²) >= 11 is 6.83. The lowest BCUT2D eigenvalue weighted by atomic mass is 9.83. The Morgan fingerprint density at radius 3 is 2.68 bits per heavy atom. The van der Waals surface area contributed by atoms with Gasteiger partial charge in [0.25, 0.3) is 0 Å². The van der Waals surface area contributed by atoms with Gasteiger partial charge in [0.05, 0.1) is 5.38 Å². The summed E-state index contributed by atoms with van der Waals surface area (Å²) in [4.78, 5) is 0. The highest BCUT2D eigenvalue weighted by molar-refractivity contribution is 6.22. The average molecular weight is 277 g/mol. The molecule has 1 heterocycles. The molecule has 1 aromatic carbocycles. The Hall–Kier alpha value is -0.950. The molecule has 0 bridgehead atoms. The van der Waals surface area contributed by atoms with Gasteiger partial charge in [0, 0.05) is 17.4 Å². The predicted octanol–water partition coefficient (Wildman–Crippen LogP) is 5.86. The summed E-state index contributed by atoms with van der Waals surface area (Å²) in [6.07, 6.45) is 7.46. The third-order valence-corrected chi connectivity index (χ3v) is 4.95. The molecule has 1 unspecified atom stereocenters. The summed E-state index contributed by atoms with van der Waals surface area (Å²) < 4.78 is 5.98. The van der Waals surface area contributed by atoms with E-state index in [2.05, 4.69) is 19.1 Å². The van der Waals surface area contributed by atoms with Gasteiger partial charge in [-0.15, -0.1) is 11.6 Å². The molecule has 1 aliphatic rings. The van der Waals surface area contributed by atoms with Gasteiger partial charge < -0.3 is 4.42 Å². The van der Waals surface area contributed by atoms with Crippen LogP contribution >= 0.6 is 11.6 Å². The summed E-state index contributed by atoms with van der Waals surface area (Å²) in [6.45, 7) is 2.14. The number of para-hydroxylation sites is 1. The Morgan fingerprint density at radius 1 is 1.21 bits per heavy atom. The van der Waals surface area contributed by atoms with E-state index in [4.69, 9.17) is 16.0 Å². The molecule has 0 aliphatic heterocycles. The van der Waals surface area contributed by atoms with Crippen molar-refractivity contribution in [1.82, 2.24) is 0 Å². The van der Waals surface area contributed by atoms with E-state index in [9.17, 15) is 0 Å². The molecule has 1 aliphatic carbocycles. The normalized spacial score (nSPS) is 18.8. The highest BCUT2D eigenvalue weighted by Crippen LogP contribution is 2.43. The minimum Gasteiger partial charge on any atom is -0.461 e. The van der Waals surface area contributed by atoms with Crippen molar-refractivity contribution in [3.63, 3.8) is 0 Å². The SMILES string of the molecule is CCc1oc2ccccc2c1C(Cl)C1CCCCC1. The van der Waals surface area contributed by atoms with Crippen molar-refractivity contribution in [2.75, 3.05) is 0 Å². The molecule has 0 radical (unpaired) electrons. The maximum absolute atomic E-state index is 6.83. The second kappa shape index (κ2) is 5.58. The third-order valence-electron chi connectivity index (χ3n) is 4.37. The van der Waals surface area contributed by atoms with E-state index in [1.807, 2.05) is 12.1 Å². The van der Waals surface area contributed by atoms with Crippen molar-refractivity contribution >= 4 is 22.6 Å². The Labute approximate surface area is 119 Å². The molecular weight excluding hydrogens is 256 g/mol. The largest absolute Gasteiger partial charge is 0.461 e. The van der Waals surface area contributed by atoms with Crippen molar-refractivity contribution in [3.8, 4) is 0 Å². The van der Waals surface area contributed by atoms with Gasteiger partial charge in [-0.3, -0.25) is 0 Å². The first-order valence-corrected chi connectivity index (χ1v) is 7.89. The molecule has 1 atom stereocenters. The molecule has 0 saturated heterocycles. The third kappa shape index (κ3) is 2.41. The van der Waals surface area contributed by atoms with Crippen LogP contribution in [0.3, 0.4) is 0 Å². The monoisotopic (exact) mass is 276 g/mol. The number of furan rings is 1. The van der Waals surface area contributed by atoms with Crippen LogP contribution in [0, 0.1) is 5.92 Å². The quantitative estimate of drug-likeness (QED) is 0.640.